The third-order valence-electron chi connectivity index (χ3n) is 2.99. The van der Waals surface area contributed by atoms with Crippen molar-refractivity contribution in [3.05, 3.63) is 45.7 Å². The van der Waals surface area contributed by atoms with Crippen molar-refractivity contribution in [2.24, 2.45) is 0 Å². The average molecular weight is 385 g/mol. The van der Waals surface area contributed by atoms with Crippen molar-refractivity contribution in [3.63, 3.8) is 0 Å². The van der Waals surface area contributed by atoms with Gasteiger partial charge in [0.05, 0.1) is 11.1 Å². The fraction of sp³-hybridized carbons (Fsp3) is 0.188. The molecule has 0 saturated carbocycles. The van der Waals surface area contributed by atoms with E-state index in [0.29, 0.717) is 27.7 Å². The molecule has 2 aromatic heterocycles. The van der Waals surface area contributed by atoms with Gasteiger partial charge in [0.15, 0.2) is 0 Å². The first kappa shape index (κ1) is 17.0. The van der Waals surface area contributed by atoms with E-state index in [2.05, 4.69) is 15.1 Å². The second-order valence-electron chi connectivity index (χ2n) is 5.24. The van der Waals surface area contributed by atoms with Crippen LogP contribution in [0.3, 0.4) is 0 Å². The molecule has 0 saturated heterocycles. The van der Waals surface area contributed by atoms with E-state index >= 15 is 0 Å². The molecule has 0 N–H and O–H groups in total. The summed E-state index contributed by atoms with van der Waals surface area (Å²) in [4.78, 5) is 8.22. The van der Waals surface area contributed by atoms with E-state index in [1.54, 1.807) is 24.3 Å². The fourth-order valence-electron chi connectivity index (χ4n) is 2.04. The van der Waals surface area contributed by atoms with Crippen LogP contribution < -0.4 is 4.74 Å². The summed E-state index contributed by atoms with van der Waals surface area (Å²) in [7, 11) is 0. The first-order chi connectivity index (χ1) is 11.4. The highest BCUT2D eigenvalue weighted by Gasteiger charge is 2.14. The number of aromatic nitrogens is 3. The second kappa shape index (κ2) is 6.97. The van der Waals surface area contributed by atoms with Gasteiger partial charge in [0.1, 0.15) is 16.1 Å². The minimum absolute atomic E-state index is 0.0336. The first-order valence-electron chi connectivity index (χ1n) is 7.06. The zero-order chi connectivity index (χ0) is 17.3. The lowest BCUT2D eigenvalue weighted by molar-refractivity contribution is 0.242. The molecule has 3 rings (SSSR count). The average Bonchev–Trinajstić information content (AvgIpc) is 2.98. The third-order valence-corrected chi connectivity index (χ3v) is 3.67. The van der Waals surface area contributed by atoms with Crippen LogP contribution in [-0.4, -0.2) is 21.2 Å². The van der Waals surface area contributed by atoms with Gasteiger partial charge in [0, 0.05) is 11.1 Å². The number of hydrogen-bond donors (Lipinski definition) is 0. The topological polar surface area (TPSA) is 61.0 Å². The normalized spacial score (nSPS) is 11.1. The molecule has 0 aliphatic carbocycles. The van der Waals surface area contributed by atoms with Crippen molar-refractivity contribution in [1.29, 1.82) is 0 Å². The van der Waals surface area contributed by atoms with Gasteiger partial charge < -0.3 is 9.26 Å². The Labute approximate surface area is 153 Å². The van der Waals surface area contributed by atoms with Gasteiger partial charge in [-0.2, -0.15) is 4.98 Å². The van der Waals surface area contributed by atoms with Gasteiger partial charge in [-0.1, -0.05) is 40.0 Å². The van der Waals surface area contributed by atoms with Crippen LogP contribution in [0.2, 0.25) is 15.3 Å². The van der Waals surface area contributed by atoms with Crippen LogP contribution in [0.5, 0.6) is 5.75 Å². The van der Waals surface area contributed by atoms with Crippen molar-refractivity contribution in [2.75, 3.05) is 0 Å². The summed E-state index contributed by atoms with van der Waals surface area (Å²) in [6, 6.07) is 8.49. The van der Waals surface area contributed by atoms with Gasteiger partial charge in [-0.05, 0) is 44.2 Å². The molecule has 0 atom stereocenters. The molecule has 5 nitrogen and oxygen atoms in total. The summed E-state index contributed by atoms with van der Waals surface area (Å²) in [6.07, 6.45) is 0.0336. The lowest BCUT2D eigenvalue weighted by Crippen LogP contribution is -2.05. The van der Waals surface area contributed by atoms with Crippen LogP contribution in [0, 0.1) is 0 Å². The Morgan fingerprint density at radius 3 is 2.29 bits per heavy atom. The molecule has 0 spiro atoms. The zero-order valence-corrected chi connectivity index (χ0v) is 15.0. The predicted molar refractivity (Wildman–Crippen MR) is 93.8 cm³/mol. The monoisotopic (exact) mass is 383 g/mol. The number of rotatable bonds is 4. The molecular formula is C16H12Cl3N3O2. The van der Waals surface area contributed by atoms with Crippen LogP contribution >= 0.6 is 34.8 Å². The van der Waals surface area contributed by atoms with Gasteiger partial charge in [0.2, 0.25) is 5.82 Å². The quantitative estimate of drug-likeness (QED) is 0.552. The molecule has 2 heterocycles. The first-order valence-corrected chi connectivity index (χ1v) is 8.19. The molecule has 0 bridgehead atoms. The third kappa shape index (κ3) is 3.80. The van der Waals surface area contributed by atoms with Crippen LogP contribution in [0.1, 0.15) is 13.8 Å². The zero-order valence-electron chi connectivity index (χ0n) is 12.8. The smallest absolute Gasteiger partial charge is 0.258 e. The summed E-state index contributed by atoms with van der Waals surface area (Å²) in [5.74, 6) is 1.29. The minimum atomic E-state index is 0.0336. The van der Waals surface area contributed by atoms with Crippen molar-refractivity contribution in [2.45, 2.75) is 20.0 Å². The van der Waals surface area contributed by atoms with E-state index in [4.69, 9.17) is 44.1 Å². The summed E-state index contributed by atoms with van der Waals surface area (Å²) in [6.45, 7) is 3.86. The maximum atomic E-state index is 6.23. The van der Waals surface area contributed by atoms with Crippen molar-refractivity contribution in [3.8, 4) is 28.6 Å². The molecule has 0 aliphatic heterocycles. The van der Waals surface area contributed by atoms with E-state index in [1.165, 1.54) is 0 Å². The Morgan fingerprint density at radius 2 is 1.67 bits per heavy atom. The van der Waals surface area contributed by atoms with Gasteiger partial charge in [-0.3, -0.25) is 0 Å². The minimum Gasteiger partial charge on any atom is -0.489 e. The number of nitrogens with zero attached hydrogens (tertiary/aromatic N) is 3. The Balaban J connectivity index is 1.92. The fourth-order valence-corrected chi connectivity index (χ4v) is 2.72. The molecule has 1 aromatic carbocycles. The summed E-state index contributed by atoms with van der Waals surface area (Å²) in [5, 5.41) is 4.93. The standard InChI is InChI=1S/C16H12Cl3N3O2/c1-8(2)23-12-4-3-9(5-11(12)17)15-21-16(24-22-15)10-6-13(18)20-14(19)7-10/h3-8H,1-2H3. The molecule has 24 heavy (non-hydrogen) atoms. The summed E-state index contributed by atoms with van der Waals surface area (Å²) < 4.78 is 10.9. The van der Waals surface area contributed by atoms with Crippen molar-refractivity contribution >= 4 is 34.8 Å². The Bertz CT molecular complexity index is 861. The van der Waals surface area contributed by atoms with Gasteiger partial charge in [0.25, 0.3) is 5.89 Å². The van der Waals surface area contributed by atoms with Crippen LogP contribution in [0.15, 0.2) is 34.9 Å². The number of benzene rings is 1. The SMILES string of the molecule is CC(C)Oc1ccc(-c2noc(-c3cc(Cl)nc(Cl)c3)n2)cc1Cl. The molecule has 8 heteroatoms. The van der Waals surface area contributed by atoms with E-state index in [-0.39, 0.29) is 22.3 Å². The number of ether oxygens (including phenoxy) is 1. The lowest BCUT2D eigenvalue weighted by Gasteiger charge is -2.11. The van der Waals surface area contributed by atoms with Crippen molar-refractivity contribution in [1.82, 2.24) is 15.1 Å². The highest BCUT2D eigenvalue weighted by molar-refractivity contribution is 6.33. The number of hydrogen-bond acceptors (Lipinski definition) is 5. The van der Waals surface area contributed by atoms with E-state index in [0.717, 1.165) is 0 Å². The van der Waals surface area contributed by atoms with Crippen molar-refractivity contribution < 1.29 is 9.26 Å². The summed E-state index contributed by atoms with van der Waals surface area (Å²) >= 11 is 18.0. The Kier molecular flexibility index (Phi) is 4.94. The van der Waals surface area contributed by atoms with Crippen LogP contribution in [0.4, 0.5) is 0 Å². The molecule has 0 unspecified atom stereocenters. The van der Waals surface area contributed by atoms with Gasteiger partial charge in [-0.25, -0.2) is 4.98 Å². The van der Waals surface area contributed by atoms with E-state index < -0.39 is 0 Å². The lowest BCUT2D eigenvalue weighted by atomic mass is 10.2. The Hall–Kier alpha value is -1.82. The maximum Gasteiger partial charge on any atom is 0.258 e. The highest BCUT2D eigenvalue weighted by atomic mass is 35.5. The summed E-state index contributed by atoms with van der Waals surface area (Å²) in [5.41, 5.74) is 1.29. The molecule has 0 aliphatic rings. The van der Waals surface area contributed by atoms with Gasteiger partial charge >= 0.3 is 0 Å². The van der Waals surface area contributed by atoms with Gasteiger partial charge in [-0.15, -0.1) is 0 Å². The number of halogens is 3. The Morgan fingerprint density at radius 1 is 0.958 bits per heavy atom. The van der Waals surface area contributed by atoms with E-state index in [9.17, 15) is 0 Å². The molecule has 3 aromatic rings. The molecule has 0 amide bonds. The van der Waals surface area contributed by atoms with Crippen LogP contribution in [-0.2, 0) is 0 Å². The van der Waals surface area contributed by atoms with Crippen LogP contribution in [0.25, 0.3) is 22.8 Å². The molecular weight excluding hydrogens is 373 g/mol. The largest absolute Gasteiger partial charge is 0.489 e. The predicted octanol–water partition coefficient (Wildman–Crippen LogP) is 5.55. The second-order valence-corrected chi connectivity index (χ2v) is 6.42. The number of pyridine rings is 1. The molecule has 124 valence electrons. The highest BCUT2D eigenvalue weighted by Crippen LogP contribution is 2.31. The van der Waals surface area contributed by atoms with E-state index in [1.807, 2.05) is 19.9 Å². The maximum absolute atomic E-state index is 6.23. The molecule has 0 fully saturated rings. The molecule has 0 radical (unpaired) electrons.